The van der Waals surface area contributed by atoms with E-state index >= 15 is 0 Å². The van der Waals surface area contributed by atoms with E-state index in [4.69, 9.17) is 4.74 Å². The van der Waals surface area contributed by atoms with E-state index in [9.17, 15) is 9.65 Å². The van der Waals surface area contributed by atoms with Crippen LogP contribution in [0.5, 0.6) is 5.75 Å². The molecule has 1 N–H and O–H groups in total. The molecule has 1 fully saturated rings. The van der Waals surface area contributed by atoms with E-state index in [1.54, 1.807) is 19.3 Å². The van der Waals surface area contributed by atoms with Crippen molar-refractivity contribution in [1.82, 2.24) is 9.97 Å². The summed E-state index contributed by atoms with van der Waals surface area (Å²) in [5.41, 5.74) is 3.12. The van der Waals surface area contributed by atoms with Gasteiger partial charge < -0.3 is 14.6 Å². The molecule has 1 aliphatic heterocycles. The number of fused-ring (bicyclic) bond motifs is 1. The van der Waals surface area contributed by atoms with Crippen LogP contribution in [0.4, 0.5) is 10.1 Å². The van der Waals surface area contributed by atoms with Crippen molar-refractivity contribution >= 4 is 28.4 Å². The predicted octanol–water partition coefficient (Wildman–Crippen LogP) is 4.37. The van der Waals surface area contributed by atoms with Crippen LogP contribution in [0.3, 0.4) is 0 Å². The second-order valence-electron chi connectivity index (χ2n) is 6.54. The smallest absolute Gasteiger partial charge is 0.149 e. The molecule has 0 saturated carbocycles. The van der Waals surface area contributed by atoms with Crippen LogP contribution in [0.1, 0.15) is 24.2 Å². The lowest BCUT2D eigenvalue weighted by Crippen LogP contribution is -2.18. The van der Waals surface area contributed by atoms with Crippen molar-refractivity contribution in [2.45, 2.75) is 12.8 Å². The van der Waals surface area contributed by atoms with E-state index in [-0.39, 0.29) is 5.82 Å². The van der Waals surface area contributed by atoms with Crippen molar-refractivity contribution in [1.29, 1.82) is 5.26 Å². The van der Waals surface area contributed by atoms with Crippen LogP contribution < -0.4 is 9.64 Å². The molecule has 4 rings (SSSR count). The number of benzene rings is 2. The average Bonchev–Trinajstić information content (AvgIpc) is 3.35. The Morgan fingerprint density at radius 3 is 2.78 bits per heavy atom. The summed E-state index contributed by atoms with van der Waals surface area (Å²) in [6.45, 7) is 1.77. The largest absolute Gasteiger partial charge is 0.497 e. The number of nitrogens with zero attached hydrogens (tertiary/aromatic N) is 3. The molecular weight excluding hydrogens is 343 g/mol. The zero-order chi connectivity index (χ0) is 18.8. The fraction of sp³-hybridized carbons (Fsp3) is 0.238. The van der Waals surface area contributed by atoms with Gasteiger partial charge in [-0.1, -0.05) is 6.07 Å². The van der Waals surface area contributed by atoms with E-state index in [0.29, 0.717) is 28.4 Å². The number of aromatic nitrogens is 2. The first-order valence-corrected chi connectivity index (χ1v) is 8.88. The summed E-state index contributed by atoms with van der Waals surface area (Å²) in [7, 11) is 1.60. The minimum atomic E-state index is -0.266. The van der Waals surface area contributed by atoms with Crippen LogP contribution in [-0.4, -0.2) is 30.2 Å². The first kappa shape index (κ1) is 17.1. The van der Waals surface area contributed by atoms with Crippen molar-refractivity contribution in [2.24, 2.45) is 0 Å². The van der Waals surface area contributed by atoms with Crippen LogP contribution in [-0.2, 0) is 0 Å². The molecule has 27 heavy (non-hydrogen) atoms. The highest BCUT2D eigenvalue weighted by Crippen LogP contribution is 2.27. The number of allylic oxidation sites excluding steroid dienone is 1. The molecule has 136 valence electrons. The first-order chi connectivity index (χ1) is 13.2. The maximum absolute atomic E-state index is 14.5. The second kappa shape index (κ2) is 7.12. The molecule has 2 aromatic carbocycles. The Bertz CT molecular complexity index is 1060. The molecule has 0 aliphatic carbocycles. The number of H-pyrrole nitrogens is 1. The zero-order valence-electron chi connectivity index (χ0n) is 15.0. The van der Waals surface area contributed by atoms with Gasteiger partial charge in [-0.15, -0.1) is 0 Å². The van der Waals surface area contributed by atoms with Crippen molar-refractivity contribution in [3.8, 4) is 11.8 Å². The van der Waals surface area contributed by atoms with Crippen molar-refractivity contribution in [3.63, 3.8) is 0 Å². The standard InChI is InChI=1S/C21H19FN4O/c1-27-16-5-6-18-19(12-16)25-21(24-18)15(13-23)10-14-4-7-20(17(22)11-14)26-8-2-3-9-26/h4-7,10-12H,2-3,8-9H2,1H3,(H,24,25)/b15-10-. The predicted molar refractivity (Wildman–Crippen MR) is 104 cm³/mol. The van der Waals surface area contributed by atoms with Gasteiger partial charge in [0.2, 0.25) is 0 Å². The van der Waals surface area contributed by atoms with Gasteiger partial charge in [0, 0.05) is 19.2 Å². The molecule has 2 heterocycles. The fourth-order valence-corrected chi connectivity index (χ4v) is 3.39. The fourth-order valence-electron chi connectivity index (χ4n) is 3.39. The van der Waals surface area contributed by atoms with Crippen LogP contribution in [0.2, 0.25) is 0 Å². The lowest BCUT2D eigenvalue weighted by molar-refractivity contribution is 0.415. The molecule has 5 nitrogen and oxygen atoms in total. The third-order valence-electron chi connectivity index (χ3n) is 4.79. The molecule has 0 radical (unpaired) electrons. The Hall–Kier alpha value is -3.33. The minimum absolute atomic E-state index is 0.266. The highest BCUT2D eigenvalue weighted by atomic mass is 19.1. The second-order valence-corrected chi connectivity index (χ2v) is 6.54. The van der Waals surface area contributed by atoms with Crippen molar-refractivity contribution in [2.75, 3.05) is 25.1 Å². The number of hydrogen-bond donors (Lipinski definition) is 1. The van der Waals surface area contributed by atoms with E-state index in [1.165, 1.54) is 6.07 Å². The monoisotopic (exact) mass is 362 g/mol. The van der Waals surface area contributed by atoms with Gasteiger partial charge in [-0.2, -0.15) is 5.26 Å². The number of methoxy groups -OCH3 is 1. The Morgan fingerprint density at radius 1 is 1.26 bits per heavy atom. The summed E-state index contributed by atoms with van der Waals surface area (Å²) in [6.07, 6.45) is 3.83. The molecule has 0 atom stereocenters. The topological polar surface area (TPSA) is 64.9 Å². The van der Waals surface area contributed by atoms with E-state index in [0.717, 1.165) is 37.0 Å². The number of halogens is 1. The Morgan fingerprint density at radius 2 is 2.07 bits per heavy atom. The summed E-state index contributed by atoms with van der Waals surface area (Å²) >= 11 is 0. The highest BCUT2D eigenvalue weighted by Gasteiger charge is 2.16. The Balaban J connectivity index is 1.67. The van der Waals surface area contributed by atoms with Gasteiger partial charge in [0.25, 0.3) is 0 Å². The lowest BCUT2D eigenvalue weighted by atomic mass is 10.1. The van der Waals surface area contributed by atoms with Crippen LogP contribution in [0.25, 0.3) is 22.7 Å². The quantitative estimate of drug-likeness (QED) is 0.700. The number of rotatable bonds is 4. The number of imidazole rings is 1. The molecule has 0 spiro atoms. The summed E-state index contributed by atoms with van der Waals surface area (Å²) < 4.78 is 19.7. The maximum atomic E-state index is 14.5. The van der Waals surface area contributed by atoms with Gasteiger partial charge in [-0.25, -0.2) is 9.37 Å². The van der Waals surface area contributed by atoms with Gasteiger partial charge in [0.15, 0.2) is 0 Å². The van der Waals surface area contributed by atoms with Crippen molar-refractivity contribution < 1.29 is 9.13 Å². The third kappa shape index (κ3) is 3.36. The van der Waals surface area contributed by atoms with Gasteiger partial charge in [-0.3, -0.25) is 0 Å². The lowest BCUT2D eigenvalue weighted by Gasteiger charge is -2.18. The summed E-state index contributed by atoms with van der Waals surface area (Å²) in [4.78, 5) is 9.64. The number of ether oxygens (including phenoxy) is 1. The minimum Gasteiger partial charge on any atom is -0.497 e. The molecule has 1 aromatic heterocycles. The van der Waals surface area contributed by atoms with Crippen LogP contribution in [0.15, 0.2) is 36.4 Å². The summed E-state index contributed by atoms with van der Waals surface area (Å²) in [6, 6.07) is 12.7. The van der Waals surface area contributed by atoms with E-state index < -0.39 is 0 Å². The number of aromatic amines is 1. The van der Waals surface area contributed by atoms with Crippen LogP contribution >= 0.6 is 0 Å². The highest BCUT2D eigenvalue weighted by molar-refractivity contribution is 5.90. The zero-order valence-corrected chi connectivity index (χ0v) is 15.0. The normalized spacial score (nSPS) is 14.6. The van der Waals surface area contributed by atoms with E-state index in [2.05, 4.69) is 20.9 Å². The average molecular weight is 362 g/mol. The summed E-state index contributed by atoms with van der Waals surface area (Å²) in [5, 5.41) is 9.56. The molecule has 3 aromatic rings. The van der Waals surface area contributed by atoms with Gasteiger partial charge in [-0.05, 0) is 48.7 Å². The van der Waals surface area contributed by atoms with E-state index in [1.807, 2.05) is 24.3 Å². The molecule has 0 bridgehead atoms. The molecule has 6 heteroatoms. The Labute approximate surface area is 156 Å². The SMILES string of the molecule is COc1ccc2nc(/C(C#N)=C\c3ccc(N4CCCC4)c(F)c3)[nH]c2c1. The number of anilines is 1. The van der Waals surface area contributed by atoms with Crippen LogP contribution in [0, 0.1) is 17.1 Å². The molecular formula is C21H19FN4O. The first-order valence-electron chi connectivity index (χ1n) is 8.88. The molecule has 1 aliphatic rings. The van der Waals surface area contributed by atoms with Gasteiger partial charge in [0.05, 0.1) is 29.4 Å². The Kier molecular flexibility index (Phi) is 4.51. The number of nitriles is 1. The maximum Gasteiger partial charge on any atom is 0.149 e. The number of nitrogens with one attached hydrogen (secondary N) is 1. The molecule has 0 unspecified atom stereocenters. The third-order valence-corrected chi connectivity index (χ3v) is 4.79. The van der Waals surface area contributed by atoms with Gasteiger partial charge >= 0.3 is 0 Å². The van der Waals surface area contributed by atoms with Crippen molar-refractivity contribution in [3.05, 3.63) is 53.6 Å². The van der Waals surface area contributed by atoms with Gasteiger partial charge in [0.1, 0.15) is 23.5 Å². The molecule has 1 saturated heterocycles. The summed E-state index contributed by atoms with van der Waals surface area (Å²) in [5.74, 6) is 0.891. The number of hydrogen-bond acceptors (Lipinski definition) is 4. The molecule has 0 amide bonds.